The highest BCUT2D eigenvalue weighted by Gasteiger charge is 2.21. The fourth-order valence-corrected chi connectivity index (χ4v) is 7.24. The molecule has 0 atom stereocenters. The molecule has 11 aromatic rings. The lowest BCUT2D eigenvalue weighted by Gasteiger charge is -2.25. The first-order valence-electron chi connectivity index (χ1n) is 16.2. The van der Waals surface area contributed by atoms with E-state index in [4.69, 9.17) is 22.7 Å². The summed E-state index contributed by atoms with van der Waals surface area (Å²) < 4.78 is 25.1. The predicted molar refractivity (Wildman–Crippen MR) is 196 cm³/mol. The van der Waals surface area contributed by atoms with Gasteiger partial charge in [-0.25, -0.2) is 4.98 Å². The van der Waals surface area contributed by atoms with Crippen LogP contribution in [0.3, 0.4) is 0 Å². The smallest absolute Gasteiger partial charge is 0.227 e. The highest BCUT2D eigenvalue weighted by Crippen LogP contribution is 2.43. The summed E-state index contributed by atoms with van der Waals surface area (Å²) in [7, 11) is 0. The molecule has 0 unspecified atom stereocenters. The SMILES string of the molecule is c1ccc(-c2nc3c(ccc4oc5cc(N(c6ccc7oc8ccccc8c7c6)c6ccc7oc8ccccc8c7c6)ccc5c43)o2)cc1. The number of nitrogens with zero attached hydrogens (tertiary/aromatic N) is 2. The van der Waals surface area contributed by atoms with Crippen molar-refractivity contribution in [2.75, 3.05) is 4.90 Å². The van der Waals surface area contributed by atoms with Crippen LogP contribution in [0, 0.1) is 0 Å². The molecule has 0 saturated heterocycles. The number of fused-ring (bicyclic) bond motifs is 11. The fourth-order valence-electron chi connectivity index (χ4n) is 7.24. The molecule has 0 bridgehead atoms. The van der Waals surface area contributed by atoms with Gasteiger partial charge in [-0.2, -0.15) is 0 Å². The summed E-state index contributed by atoms with van der Waals surface area (Å²) in [5.74, 6) is 0.588. The number of para-hydroxylation sites is 2. The number of hydrogen-bond donors (Lipinski definition) is 0. The van der Waals surface area contributed by atoms with Gasteiger partial charge < -0.3 is 22.6 Å². The van der Waals surface area contributed by atoms with Gasteiger partial charge in [0.15, 0.2) is 5.58 Å². The van der Waals surface area contributed by atoms with Gasteiger partial charge in [0.1, 0.15) is 39.0 Å². The van der Waals surface area contributed by atoms with Gasteiger partial charge in [0.25, 0.3) is 0 Å². The van der Waals surface area contributed by atoms with Crippen LogP contribution in [0.4, 0.5) is 17.1 Å². The topological polar surface area (TPSA) is 68.7 Å². The molecule has 0 aliphatic rings. The van der Waals surface area contributed by atoms with E-state index in [0.717, 1.165) is 99.5 Å². The average Bonchev–Trinajstić information content (AvgIpc) is 3.92. The van der Waals surface area contributed by atoms with E-state index in [1.165, 1.54) is 0 Å². The summed E-state index contributed by atoms with van der Waals surface area (Å²) in [6.07, 6.45) is 0. The van der Waals surface area contributed by atoms with Crippen LogP contribution in [0.15, 0.2) is 163 Å². The summed E-state index contributed by atoms with van der Waals surface area (Å²) in [5, 5.41) is 6.18. The van der Waals surface area contributed by atoms with Gasteiger partial charge in [-0.05, 0) is 84.9 Å². The van der Waals surface area contributed by atoms with Gasteiger partial charge in [-0.3, -0.25) is 0 Å². The first-order valence-corrected chi connectivity index (χ1v) is 16.2. The van der Waals surface area contributed by atoms with Crippen LogP contribution in [0.1, 0.15) is 0 Å². The molecule has 0 fully saturated rings. The van der Waals surface area contributed by atoms with Gasteiger partial charge in [-0.15, -0.1) is 0 Å². The summed E-state index contributed by atoms with van der Waals surface area (Å²) in [6.45, 7) is 0. The van der Waals surface area contributed by atoms with E-state index < -0.39 is 0 Å². The number of aromatic nitrogens is 1. The van der Waals surface area contributed by atoms with Crippen LogP contribution >= 0.6 is 0 Å². The summed E-state index contributed by atoms with van der Waals surface area (Å²) in [4.78, 5) is 7.19. The second kappa shape index (κ2) is 9.86. The standard InChI is InChI=1S/C43H24N2O4/c1-2-8-25(9-3-1)43-44-42-39(49-43)21-20-38-41(42)31-17-14-28(24-40(31)48-38)45(26-15-18-36-32(22-26)29-10-4-6-12-34(29)46-36)27-16-19-37-33(23-27)30-11-5-7-13-35(30)47-37/h1-24H. The Balaban J connectivity index is 1.13. The molecule has 230 valence electrons. The van der Waals surface area contributed by atoms with E-state index in [1.807, 2.05) is 78.9 Å². The van der Waals surface area contributed by atoms with E-state index in [2.05, 4.69) is 71.6 Å². The Morgan fingerprint density at radius 3 is 1.59 bits per heavy atom. The van der Waals surface area contributed by atoms with E-state index in [-0.39, 0.29) is 0 Å². The van der Waals surface area contributed by atoms with Crippen LogP contribution in [0.5, 0.6) is 0 Å². The molecule has 6 nitrogen and oxygen atoms in total. The minimum absolute atomic E-state index is 0.588. The maximum absolute atomic E-state index is 6.53. The third-order valence-electron chi connectivity index (χ3n) is 9.49. The van der Waals surface area contributed by atoms with E-state index in [0.29, 0.717) is 5.89 Å². The minimum Gasteiger partial charge on any atom is -0.456 e. The lowest BCUT2D eigenvalue weighted by atomic mass is 10.1. The molecule has 49 heavy (non-hydrogen) atoms. The number of rotatable bonds is 4. The summed E-state index contributed by atoms with van der Waals surface area (Å²) in [5.41, 5.74) is 10.3. The van der Waals surface area contributed by atoms with Crippen molar-refractivity contribution in [3.05, 3.63) is 146 Å². The van der Waals surface area contributed by atoms with Crippen molar-refractivity contribution in [1.82, 2.24) is 4.98 Å². The van der Waals surface area contributed by atoms with Gasteiger partial charge in [0.2, 0.25) is 5.89 Å². The third kappa shape index (κ3) is 3.92. The molecule has 0 spiro atoms. The molecular weight excluding hydrogens is 608 g/mol. The van der Waals surface area contributed by atoms with Crippen molar-refractivity contribution in [2.24, 2.45) is 0 Å². The van der Waals surface area contributed by atoms with Crippen molar-refractivity contribution in [2.45, 2.75) is 0 Å². The molecule has 4 aromatic heterocycles. The van der Waals surface area contributed by atoms with E-state index >= 15 is 0 Å². The van der Waals surface area contributed by atoms with Crippen molar-refractivity contribution in [1.29, 1.82) is 0 Å². The van der Waals surface area contributed by atoms with Crippen molar-refractivity contribution < 1.29 is 17.7 Å². The maximum Gasteiger partial charge on any atom is 0.227 e. The second-order valence-corrected chi connectivity index (χ2v) is 12.3. The normalized spacial score (nSPS) is 12.1. The summed E-state index contributed by atoms with van der Waals surface area (Å²) >= 11 is 0. The zero-order valence-electron chi connectivity index (χ0n) is 25.9. The maximum atomic E-state index is 6.53. The lowest BCUT2D eigenvalue weighted by Crippen LogP contribution is -2.09. The van der Waals surface area contributed by atoms with Crippen molar-refractivity contribution in [3.8, 4) is 11.5 Å². The molecule has 0 radical (unpaired) electrons. The largest absolute Gasteiger partial charge is 0.456 e. The van der Waals surface area contributed by atoms with Gasteiger partial charge in [0, 0.05) is 55.6 Å². The first kappa shape index (κ1) is 26.3. The van der Waals surface area contributed by atoms with Crippen LogP contribution in [-0.2, 0) is 0 Å². The predicted octanol–water partition coefficient (Wildman–Crippen LogP) is 12.7. The van der Waals surface area contributed by atoms with Crippen molar-refractivity contribution in [3.63, 3.8) is 0 Å². The highest BCUT2D eigenvalue weighted by atomic mass is 16.4. The molecule has 6 heteroatoms. The zero-order valence-corrected chi connectivity index (χ0v) is 25.9. The third-order valence-corrected chi connectivity index (χ3v) is 9.49. The Bertz CT molecular complexity index is 2960. The molecule has 7 aromatic carbocycles. The molecule has 0 saturated carbocycles. The number of oxazole rings is 1. The Hall–Kier alpha value is -6.79. The fraction of sp³-hybridized carbons (Fsp3) is 0. The second-order valence-electron chi connectivity index (χ2n) is 12.3. The number of anilines is 3. The molecule has 11 rings (SSSR count). The summed E-state index contributed by atoms with van der Waals surface area (Å²) in [6, 6.07) is 49.3. The Morgan fingerprint density at radius 1 is 0.367 bits per heavy atom. The lowest BCUT2D eigenvalue weighted by molar-refractivity contribution is 0.619. The Morgan fingerprint density at radius 2 is 0.898 bits per heavy atom. The monoisotopic (exact) mass is 632 g/mol. The van der Waals surface area contributed by atoms with Crippen LogP contribution < -0.4 is 4.90 Å². The van der Waals surface area contributed by atoms with Gasteiger partial charge in [0.05, 0.1) is 5.39 Å². The average molecular weight is 633 g/mol. The van der Waals surface area contributed by atoms with Crippen LogP contribution in [-0.4, -0.2) is 4.98 Å². The Labute approximate surface area is 278 Å². The molecule has 0 N–H and O–H groups in total. The number of benzene rings is 7. The van der Waals surface area contributed by atoms with E-state index in [1.54, 1.807) is 0 Å². The minimum atomic E-state index is 0.588. The van der Waals surface area contributed by atoms with Gasteiger partial charge >= 0.3 is 0 Å². The highest BCUT2D eigenvalue weighted by molar-refractivity contribution is 6.17. The molecule has 0 aliphatic heterocycles. The van der Waals surface area contributed by atoms with Crippen LogP contribution in [0.25, 0.3) is 88.4 Å². The van der Waals surface area contributed by atoms with E-state index in [9.17, 15) is 0 Å². The number of furan rings is 3. The number of hydrogen-bond acceptors (Lipinski definition) is 6. The first-order chi connectivity index (χ1) is 24.2. The molecule has 4 heterocycles. The Kier molecular flexibility index (Phi) is 5.29. The molecule has 0 aliphatic carbocycles. The quantitative estimate of drug-likeness (QED) is 0.192. The zero-order chi connectivity index (χ0) is 32.1. The molecule has 0 amide bonds. The van der Waals surface area contributed by atoms with Crippen LogP contribution in [0.2, 0.25) is 0 Å². The van der Waals surface area contributed by atoms with Crippen molar-refractivity contribution >= 4 is 94.0 Å². The molecular formula is C43H24N2O4. The van der Waals surface area contributed by atoms with Gasteiger partial charge in [-0.1, -0.05) is 54.6 Å².